The van der Waals surface area contributed by atoms with Gasteiger partial charge in [0, 0.05) is 6.54 Å². The third-order valence-corrected chi connectivity index (χ3v) is 1.85. The van der Waals surface area contributed by atoms with Crippen molar-refractivity contribution in [2.24, 2.45) is 5.41 Å². The van der Waals surface area contributed by atoms with Crippen LogP contribution in [0, 0.1) is 5.41 Å². The Kier molecular flexibility index (Phi) is 3.83. The fourth-order valence-electron chi connectivity index (χ4n) is 1.30. The molecular formula is C7H15ClN2O. The minimum absolute atomic E-state index is 0. The van der Waals surface area contributed by atoms with Gasteiger partial charge >= 0.3 is 0 Å². The number of amides is 1. The summed E-state index contributed by atoms with van der Waals surface area (Å²) in [4.78, 5) is 10.0. The van der Waals surface area contributed by atoms with Crippen molar-refractivity contribution in [3.63, 3.8) is 0 Å². The van der Waals surface area contributed by atoms with Gasteiger partial charge in [-0.05, 0) is 11.8 Å². The van der Waals surface area contributed by atoms with Gasteiger partial charge in [-0.2, -0.15) is 0 Å². The van der Waals surface area contributed by atoms with Gasteiger partial charge in [0.05, 0.1) is 6.17 Å². The molecule has 1 heterocycles. The highest BCUT2D eigenvalue weighted by Crippen LogP contribution is 2.25. The van der Waals surface area contributed by atoms with Crippen molar-refractivity contribution < 1.29 is 4.79 Å². The minimum atomic E-state index is 0. The molecule has 0 radical (unpaired) electrons. The number of rotatable bonds is 2. The number of carbonyl (C=O) groups excluding carboxylic acids is 1. The Hall–Kier alpha value is -0.280. The lowest BCUT2D eigenvalue weighted by Crippen LogP contribution is -2.35. The van der Waals surface area contributed by atoms with E-state index in [0.29, 0.717) is 5.41 Å². The van der Waals surface area contributed by atoms with E-state index >= 15 is 0 Å². The molecule has 1 saturated heterocycles. The second-order valence-electron chi connectivity index (χ2n) is 3.59. The van der Waals surface area contributed by atoms with Crippen LogP contribution >= 0.6 is 12.4 Å². The number of hydrogen-bond donors (Lipinski definition) is 2. The Balaban J connectivity index is 0.000001000. The summed E-state index contributed by atoms with van der Waals surface area (Å²) in [5.41, 5.74) is 0.334. The number of nitrogens with one attached hydrogen (secondary N) is 2. The average molecular weight is 179 g/mol. The Morgan fingerprint density at radius 3 is 2.64 bits per heavy atom. The summed E-state index contributed by atoms with van der Waals surface area (Å²) in [5, 5.41) is 5.91. The Bertz CT molecular complexity index is 138. The zero-order chi connectivity index (χ0) is 7.61. The molecule has 3 nitrogen and oxygen atoms in total. The third-order valence-electron chi connectivity index (χ3n) is 1.85. The van der Waals surface area contributed by atoms with Crippen molar-refractivity contribution in [2.45, 2.75) is 26.4 Å². The van der Waals surface area contributed by atoms with Crippen LogP contribution < -0.4 is 10.6 Å². The van der Waals surface area contributed by atoms with Crippen LogP contribution in [0.1, 0.15) is 20.3 Å². The Morgan fingerprint density at radius 1 is 1.64 bits per heavy atom. The van der Waals surface area contributed by atoms with E-state index in [0.717, 1.165) is 19.4 Å². The number of halogens is 1. The Labute approximate surface area is 73.3 Å². The van der Waals surface area contributed by atoms with Gasteiger partial charge in [0.25, 0.3) is 0 Å². The first-order valence-electron chi connectivity index (χ1n) is 3.57. The lowest BCUT2D eigenvalue weighted by molar-refractivity contribution is -0.110. The topological polar surface area (TPSA) is 41.1 Å². The molecule has 0 unspecified atom stereocenters. The molecule has 0 aromatic carbocycles. The zero-order valence-corrected chi connectivity index (χ0v) is 7.70. The standard InChI is InChI=1S/C7H14N2O.ClH/c1-7(2)3-6(8-4-7)9-5-10;/h5-6,8H,3-4H2,1-2H3,(H,9,10);1H/t6-;/m0./s1. The minimum Gasteiger partial charge on any atom is -0.343 e. The normalized spacial score (nSPS) is 27.3. The smallest absolute Gasteiger partial charge is 0.208 e. The van der Waals surface area contributed by atoms with Crippen LogP contribution in [-0.2, 0) is 4.79 Å². The molecule has 0 aliphatic carbocycles. The van der Waals surface area contributed by atoms with Crippen molar-refractivity contribution in [3.05, 3.63) is 0 Å². The van der Waals surface area contributed by atoms with E-state index in [4.69, 9.17) is 0 Å². The second-order valence-corrected chi connectivity index (χ2v) is 3.59. The molecule has 0 spiro atoms. The summed E-state index contributed by atoms with van der Waals surface area (Å²) in [6, 6.07) is 0. The average Bonchev–Trinajstić information content (AvgIpc) is 2.12. The zero-order valence-electron chi connectivity index (χ0n) is 6.89. The van der Waals surface area contributed by atoms with Crippen LogP contribution in [0.15, 0.2) is 0 Å². The van der Waals surface area contributed by atoms with E-state index in [1.165, 1.54) is 0 Å². The van der Waals surface area contributed by atoms with Crippen molar-refractivity contribution in [2.75, 3.05) is 6.54 Å². The van der Waals surface area contributed by atoms with Gasteiger partial charge in [-0.15, -0.1) is 12.4 Å². The first kappa shape index (κ1) is 10.7. The fraction of sp³-hybridized carbons (Fsp3) is 0.857. The second kappa shape index (κ2) is 3.93. The van der Waals surface area contributed by atoms with Gasteiger partial charge < -0.3 is 5.32 Å². The molecule has 1 atom stereocenters. The molecule has 0 aromatic rings. The first-order chi connectivity index (χ1) is 4.64. The van der Waals surface area contributed by atoms with Gasteiger partial charge in [0.15, 0.2) is 0 Å². The van der Waals surface area contributed by atoms with Gasteiger partial charge in [0.2, 0.25) is 6.41 Å². The molecule has 0 bridgehead atoms. The van der Waals surface area contributed by atoms with E-state index in [1.54, 1.807) is 0 Å². The molecule has 1 amide bonds. The molecule has 2 N–H and O–H groups in total. The summed E-state index contributed by atoms with van der Waals surface area (Å²) in [6.45, 7) is 5.36. The van der Waals surface area contributed by atoms with Gasteiger partial charge in [0.1, 0.15) is 0 Å². The molecule has 0 aromatic heterocycles. The van der Waals surface area contributed by atoms with Crippen molar-refractivity contribution >= 4 is 18.8 Å². The molecule has 0 saturated carbocycles. The van der Waals surface area contributed by atoms with Gasteiger partial charge in [-0.1, -0.05) is 13.8 Å². The highest BCUT2D eigenvalue weighted by molar-refractivity contribution is 5.85. The lowest BCUT2D eigenvalue weighted by atomic mass is 9.92. The van der Waals surface area contributed by atoms with E-state index < -0.39 is 0 Å². The molecule has 1 rings (SSSR count). The molecular weight excluding hydrogens is 164 g/mol. The highest BCUT2D eigenvalue weighted by atomic mass is 35.5. The first-order valence-corrected chi connectivity index (χ1v) is 3.57. The van der Waals surface area contributed by atoms with Crippen LogP contribution in [0.25, 0.3) is 0 Å². The number of hydrogen-bond acceptors (Lipinski definition) is 2. The fourth-order valence-corrected chi connectivity index (χ4v) is 1.30. The molecule has 1 aliphatic heterocycles. The maximum absolute atomic E-state index is 10.0. The summed E-state index contributed by atoms with van der Waals surface area (Å²) < 4.78 is 0. The predicted molar refractivity (Wildman–Crippen MR) is 46.6 cm³/mol. The summed E-state index contributed by atoms with van der Waals surface area (Å²) >= 11 is 0. The van der Waals surface area contributed by atoms with Crippen LogP contribution in [0.3, 0.4) is 0 Å². The molecule has 1 aliphatic rings. The van der Waals surface area contributed by atoms with Crippen LogP contribution in [-0.4, -0.2) is 19.1 Å². The largest absolute Gasteiger partial charge is 0.343 e. The molecule has 66 valence electrons. The quantitative estimate of drug-likeness (QED) is 0.605. The summed E-state index contributed by atoms with van der Waals surface area (Å²) in [6.07, 6.45) is 1.96. The van der Waals surface area contributed by atoms with E-state index in [1.807, 2.05) is 0 Å². The Morgan fingerprint density at radius 2 is 2.27 bits per heavy atom. The van der Waals surface area contributed by atoms with Crippen molar-refractivity contribution in [3.8, 4) is 0 Å². The molecule has 1 fully saturated rings. The molecule has 11 heavy (non-hydrogen) atoms. The van der Waals surface area contributed by atoms with E-state index in [-0.39, 0.29) is 18.6 Å². The maximum atomic E-state index is 10.0. The van der Waals surface area contributed by atoms with E-state index in [2.05, 4.69) is 24.5 Å². The van der Waals surface area contributed by atoms with E-state index in [9.17, 15) is 4.79 Å². The molecule has 4 heteroatoms. The maximum Gasteiger partial charge on any atom is 0.208 e. The van der Waals surface area contributed by atoms with Gasteiger partial charge in [-0.3, -0.25) is 10.1 Å². The van der Waals surface area contributed by atoms with Crippen molar-refractivity contribution in [1.29, 1.82) is 0 Å². The van der Waals surface area contributed by atoms with Crippen LogP contribution in [0.2, 0.25) is 0 Å². The van der Waals surface area contributed by atoms with Crippen LogP contribution in [0.4, 0.5) is 0 Å². The van der Waals surface area contributed by atoms with Crippen molar-refractivity contribution in [1.82, 2.24) is 10.6 Å². The lowest BCUT2D eigenvalue weighted by Gasteiger charge is -2.14. The monoisotopic (exact) mass is 178 g/mol. The third kappa shape index (κ3) is 3.08. The summed E-state index contributed by atoms with van der Waals surface area (Å²) in [7, 11) is 0. The van der Waals surface area contributed by atoms with Crippen LogP contribution in [0.5, 0.6) is 0 Å². The highest BCUT2D eigenvalue weighted by Gasteiger charge is 2.29. The predicted octanol–water partition coefficient (Wildman–Crippen LogP) is 0.500. The SMILES string of the molecule is CC1(C)CN[C@@H](NC=O)C1.Cl. The summed E-state index contributed by atoms with van der Waals surface area (Å²) in [5.74, 6) is 0. The van der Waals surface area contributed by atoms with Gasteiger partial charge in [-0.25, -0.2) is 0 Å². The number of carbonyl (C=O) groups is 1.